The van der Waals surface area contributed by atoms with Crippen LogP contribution in [0.15, 0.2) is 176 Å². The number of pyridine rings is 1. The van der Waals surface area contributed by atoms with Crippen LogP contribution in [-0.4, -0.2) is 20.7 Å². The molecule has 9 aromatic rings. The Labute approximate surface area is 329 Å². The van der Waals surface area contributed by atoms with Crippen LogP contribution in [0.2, 0.25) is 0 Å². The summed E-state index contributed by atoms with van der Waals surface area (Å²) in [5.41, 5.74) is 18.3. The van der Waals surface area contributed by atoms with Gasteiger partial charge in [-0.2, -0.15) is 0 Å². The lowest BCUT2D eigenvalue weighted by atomic mass is 9.69. The molecule has 0 amide bonds. The molecule has 0 radical (unpaired) electrons. The molecule has 2 N–H and O–H groups in total. The van der Waals surface area contributed by atoms with Gasteiger partial charge in [0.2, 0.25) is 0 Å². The Balaban J connectivity index is 0.927. The quantitative estimate of drug-likeness (QED) is 0.190. The second-order valence-corrected chi connectivity index (χ2v) is 15.6. The summed E-state index contributed by atoms with van der Waals surface area (Å²) in [6.45, 7) is 0.804. The molecule has 0 fully saturated rings. The van der Waals surface area contributed by atoms with Crippen molar-refractivity contribution in [3.63, 3.8) is 0 Å². The summed E-state index contributed by atoms with van der Waals surface area (Å²) in [6.07, 6.45) is 8.77. The lowest BCUT2D eigenvalue weighted by molar-refractivity contribution is 0.744. The number of nitrogens with one attached hydrogen (secondary N) is 2. The Hall–Kier alpha value is -7.37. The first kappa shape index (κ1) is 30.9. The van der Waals surface area contributed by atoms with Crippen molar-refractivity contribution in [3.05, 3.63) is 209 Å². The van der Waals surface area contributed by atoms with Crippen LogP contribution in [0.5, 0.6) is 0 Å². The van der Waals surface area contributed by atoms with Crippen molar-refractivity contribution in [2.24, 2.45) is 0 Å². The summed E-state index contributed by atoms with van der Waals surface area (Å²) in [6, 6.07) is 58.1. The van der Waals surface area contributed by atoms with E-state index in [4.69, 9.17) is 4.98 Å². The first-order valence-corrected chi connectivity index (χ1v) is 19.8. The van der Waals surface area contributed by atoms with Crippen LogP contribution in [0.4, 0.5) is 11.6 Å². The van der Waals surface area contributed by atoms with Crippen LogP contribution < -0.4 is 10.6 Å². The SMILES string of the molecule is C1=Cc2c(n(-c3ccc(-c4ccc(-n5c6c(c7ccccc75)C=C5C(N6)c6ccccc6C56c5ccccc5-c5ccccc56)cc4)cc3)c3ncccc23)NC1. The highest BCUT2D eigenvalue weighted by Crippen LogP contribution is 2.65. The number of anilines is 2. The Bertz CT molecular complexity index is 3170. The van der Waals surface area contributed by atoms with Gasteiger partial charge in [-0.25, -0.2) is 4.98 Å². The summed E-state index contributed by atoms with van der Waals surface area (Å²) in [5.74, 6) is 2.23. The van der Waals surface area contributed by atoms with Gasteiger partial charge in [-0.05, 0) is 98.6 Å². The van der Waals surface area contributed by atoms with Gasteiger partial charge in [0.05, 0.1) is 17.0 Å². The van der Waals surface area contributed by atoms with Crippen LogP contribution in [-0.2, 0) is 5.41 Å². The van der Waals surface area contributed by atoms with Gasteiger partial charge in [-0.1, -0.05) is 127 Å². The topological polar surface area (TPSA) is 46.8 Å². The van der Waals surface area contributed by atoms with E-state index in [0.29, 0.717) is 0 Å². The van der Waals surface area contributed by atoms with Gasteiger partial charge in [0.15, 0.2) is 0 Å². The predicted molar refractivity (Wildman–Crippen MR) is 233 cm³/mol. The maximum atomic E-state index is 4.77. The lowest BCUT2D eigenvalue weighted by Gasteiger charge is -2.34. The molecule has 0 saturated heterocycles. The maximum Gasteiger partial charge on any atom is 0.146 e. The number of hydrogen-bond donors (Lipinski definition) is 2. The molecule has 5 heterocycles. The zero-order chi connectivity index (χ0) is 37.2. The zero-order valence-electron chi connectivity index (χ0n) is 30.9. The molecule has 2 aliphatic heterocycles. The third-order valence-corrected chi connectivity index (χ3v) is 12.9. The third kappa shape index (κ3) is 4.00. The van der Waals surface area contributed by atoms with Crippen molar-refractivity contribution < 1.29 is 0 Å². The predicted octanol–water partition coefficient (Wildman–Crippen LogP) is 12.0. The number of hydrogen-bond acceptors (Lipinski definition) is 3. The molecule has 1 spiro atoms. The number of para-hydroxylation sites is 1. The highest BCUT2D eigenvalue weighted by molar-refractivity contribution is 6.02. The summed E-state index contributed by atoms with van der Waals surface area (Å²) in [4.78, 5) is 4.77. The van der Waals surface area contributed by atoms with Crippen molar-refractivity contribution in [1.82, 2.24) is 14.1 Å². The number of nitrogens with zero attached hydrogens (tertiary/aromatic N) is 3. The lowest BCUT2D eigenvalue weighted by Crippen LogP contribution is -2.29. The van der Waals surface area contributed by atoms with E-state index in [1.807, 2.05) is 12.3 Å². The van der Waals surface area contributed by atoms with Crippen molar-refractivity contribution in [3.8, 4) is 33.6 Å². The molecule has 57 heavy (non-hydrogen) atoms. The monoisotopic (exact) mass is 729 g/mol. The second kappa shape index (κ2) is 11.3. The van der Waals surface area contributed by atoms with Gasteiger partial charge in [-0.15, -0.1) is 0 Å². The molecule has 3 aromatic heterocycles. The molecule has 4 aliphatic rings. The van der Waals surface area contributed by atoms with Crippen molar-refractivity contribution >= 4 is 45.7 Å². The number of fused-ring (bicyclic) bond motifs is 16. The maximum absolute atomic E-state index is 4.77. The Morgan fingerprint density at radius 3 is 1.95 bits per heavy atom. The largest absolute Gasteiger partial charge is 0.367 e. The van der Waals surface area contributed by atoms with E-state index in [1.165, 1.54) is 72.1 Å². The van der Waals surface area contributed by atoms with Crippen molar-refractivity contribution in [2.45, 2.75) is 11.5 Å². The van der Waals surface area contributed by atoms with Crippen LogP contribution >= 0.6 is 0 Å². The van der Waals surface area contributed by atoms with Crippen LogP contribution in [0.1, 0.15) is 39.4 Å². The fourth-order valence-corrected chi connectivity index (χ4v) is 10.6. The summed E-state index contributed by atoms with van der Waals surface area (Å²) in [5, 5.41) is 10.1. The number of rotatable bonds is 3. The van der Waals surface area contributed by atoms with Gasteiger partial charge >= 0.3 is 0 Å². The van der Waals surface area contributed by atoms with Crippen molar-refractivity contribution in [2.75, 3.05) is 17.2 Å². The average Bonchev–Trinajstić information content (AvgIpc) is 3.98. The highest BCUT2D eigenvalue weighted by atomic mass is 15.2. The zero-order valence-corrected chi connectivity index (χ0v) is 30.9. The molecule has 5 heteroatoms. The van der Waals surface area contributed by atoms with E-state index >= 15 is 0 Å². The molecular formula is C52H35N5. The number of aromatic nitrogens is 3. The van der Waals surface area contributed by atoms with Gasteiger partial charge in [-0.3, -0.25) is 9.13 Å². The first-order chi connectivity index (χ1) is 28.3. The fourth-order valence-electron chi connectivity index (χ4n) is 10.6. The van der Waals surface area contributed by atoms with Gasteiger partial charge in [0.1, 0.15) is 17.3 Å². The molecule has 0 saturated carbocycles. The summed E-state index contributed by atoms with van der Waals surface area (Å²) in [7, 11) is 0. The molecule has 1 atom stereocenters. The average molecular weight is 730 g/mol. The Kier molecular flexibility index (Phi) is 6.15. The highest BCUT2D eigenvalue weighted by Gasteiger charge is 2.56. The normalized spacial score (nSPS) is 16.3. The van der Waals surface area contributed by atoms with Crippen molar-refractivity contribution in [1.29, 1.82) is 0 Å². The minimum Gasteiger partial charge on any atom is -0.367 e. The van der Waals surface area contributed by atoms with E-state index in [-0.39, 0.29) is 11.5 Å². The van der Waals surface area contributed by atoms with E-state index in [1.54, 1.807) is 0 Å². The van der Waals surface area contributed by atoms with E-state index < -0.39 is 0 Å². The molecule has 5 nitrogen and oxygen atoms in total. The van der Waals surface area contributed by atoms with Crippen LogP contribution in [0.25, 0.3) is 67.7 Å². The van der Waals surface area contributed by atoms with E-state index in [0.717, 1.165) is 40.6 Å². The van der Waals surface area contributed by atoms with E-state index in [9.17, 15) is 0 Å². The molecule has 268 valence electrons. The first-order valence-electron chi connectivity index (χ1n) is 19.8. The Morgan fingerprint density at radius 1 is 0.561 bits per heavy atom. The standard InChI is InChI=1S/C52H35N5/c1-5-17-43-36(11-1)37-12-2-6-18-44(37)52(43)45-19-7-3-14-41(45)48-46(52)31-42-38-13-4-8-20-47(38)56(51(42)55-48)34-25-21-32(22-26-34)33-23-27-35(28-24-33)57-49-39(15-9-29-53-49)40-16-10-30-54-50(40)57/h1-29,31,48,54-55H,30H2. The molecule has 2 aliphatic carbocycles. The van der Waals surface area contributed by atoms with Gasteiger partial charge < -0.3 is 10.6 Å². The molecule has 6 aromatic carbocycles. The molecule has 1 unspecified atom stereocenters. The van der Waals surface area contributed by atoms with Gasteiger partial charge in [0.25, 0.3) is 0 Å². The third-order valence-electron chi connectivity index (χ3n) is 12.9. The molecular weight excluding hydrogens is 695 g/mol. The van der Waals surface area contributed by atoms with Gasteiger partial charge in [0, 0.05) is 46.0 Å². The second-order valence-electron chi connectivity index (χ2n) is 15.6. The van der Waals surface area contributed by atoms with Crippen LogP contribution in [0, 0.1) is 0 Å². The Morgan fingerprint density at radius 2 is 1.19 bits per heavy atom. The summed E-state index contributed by atoms with van der Waals surface area (Å²) >= 11 is 0. The molecule has 13 rings (SSSR count). The minimum atomic E-state index is -0.364. The van der Waals surface area contributed by atoms with E-state index in [2.05, 4.69) is 190 Å². The smallest absolute Gasteiger partial charge is 0.146 e. The number of benzene rings is 6. The fraction of sp³-hybridized carbons (Fsp3) is 0.0577. The summed E-state index contributed by atoms with van der Waals surface area (Å²) < 4.78 is 4.66. The van der Waals surface area contributed by atoms with Crippen LogP contribution in [0.3, 0.4) is 0 Å². The minimum absolute atomic E-state index is 0.0261. The molecule has 0 bridgehead atoms.